The van der Waals surface area contributed by atoms with E-state index in [4.69, 9.17) is 0 Å². The standard InChI is InChI=1S/C29H24F3N5O3.CH4/c30-20-7-4-8-22(14-20)36(26(19-5-2-1-3-6-19)27(39)35-21-15-29(31,32)16-21)28(40)23-9-10-25(38)37(23)24-13-18(17-33)11-12-34-24;/h1-8,11-14,21,23,26H,9-10,15-16H2,(H,35,39);1H4/t23-,26-;/m0./s1. The Balaban J connectivity index is 0.00000387. The normalized spacial score (nSPS) is 18.4. The van der Waals surface area contributed by atoms with Gasteiger partial charge in [-0.1, -0.05) is 43.8 Å². The van der Waals surface area contributed by atoms with Gasteiger partial charge in [-0.2, -0.15) is 5.26 Å². The first-order chi connectivity index (χ1) is 19.2. The number of aromatic nitrogens is 1. The zero-order valence-electron chi connectivity index (χ0n) is 21.1. The van der Waals surface area contributed by atoms with E-state index in [0.717, 1.165) is 11.0 Å². The summed E-state index contributed by atoms with van der Waals surface area (Å²) in [5.74, 6) is -5.26. The highest BCUT2D eigenvalue weighted by atomic mass is 19.3. The Bertz CT molecular complexity index is 1490. The first-order valence-corrected chi connectivity index (χ1v) is 12.7. The van der Waals surface area contributed by atoms with Crippen molar-refractivity contribution >= 4 is 29.2 Å². The van der Waals surface area contributed by atoms with Gasteiger partial charge in [-0.05, 0) is 42.3 Å². The van der Waals surface area contributed by atoms with Gasteiger partial charge in [-0.3, -0.25) is 24.2 Å². The van der Waals surface area contributed by atoms with Gasteiger partial charge >= 0.3 is 0 Å². The summed E-state index contributed by atoms with van der Waals surface area (Å²) < 4.78 is 41.5. The first-order valence-electron chi connectivity index (χ1n) is 12.7. The summed E-state index contributed by atoms with van der Waals surface area (Å²) in [6.45, 7) is 0. The van der Waals surface area contributed by atoms with E-state index >= 15 is 0 Å². The lowest BCUT2D eigenvalue weighted by atomic mass is 9.87. The molecule has 41 heavy (non-hydrogen) atoms. The van der Waals surface area contributed by atoms with Crippen molar-refractivity contribution in [3.05, 3.63) is 89.9 Å². The molecule has 8 nitrogen and oxygen atoms in total. The van der Waals surface area contributed by atoms with Crippen LogP contribution in [-0.4, -0.2) is 40.7 Å². The Morgan fingerprint density at radius 3 is 2.49 bits per heavy atom. The topological polar surface area (TPSA) is 106 Å². The molecule has 1 saturated carbocycles. The van der Waals surface area contributed by atoms with Gasteiger partial charge in [0, 0.05) is 37.2 Å². The maximum absolute atomic E-state index is 14.5. The predicted octanol–water partition coefficient (Wildman–Crippen LogP) is 4.91. The third-order valence-electron chi connectivity index (χ3n) is 7.00. The number of hydrogen-bond acceptors (Lipinski definition) is 5. The number of alkyl halides is 2. The average molecular weight is 564 g/mol. The van der Waals surface area contributed by atoms with Gasteiger partial charge in [0.05, 0.1) is 11.6 Å². The van der Waals surface area contributed by atoms with Crippen molar-refractivity contribution in [3.8, 4) is 6.07 Å². The minimum atomic E-state index is -2.88. The fourth-order valence-electron chi connectivity index (χ4n) is 5.11. The molecule has 0 bridgehead atoms. The number of amides is 3. The number of carbonyl (C=O) groups is 3. The lowest BCUT2D eigenvalue weighted by Crippen LogP contribution is -2.56. The summed E-state index contributed by atoms with van der Waals surface area (Å²) in [4.78, 5) is 47.5. The van der Waals surface area contributed by atoms with Gasteiger partial charge < -0.3 is 5.32 Å². The lowest BCUT2D eigenvalue weighted by molar-refractivity contribution is -0.133. The average Bonchev–Trinajstić information content (AvgIpc) is 3.32. The van der Waals surface area contributed by atoms with Crippen LogP contribution in [-0.2, 0) is 14.4 Å². The summed E-state index contributed by atoms with van der Waals surface area (Å²) in [5.41, 5.74) is 0.645. The Morgan fingerprint density at radius 1 is 1.10 bits per heavy atom. The molecule has 1 saturated heterocycles. The molecule has 1 aliphatic carbocycles. The van der Waals surface area contributed by atoms with Gasteiger partial charge in [0.15, 0.2) is 0 Å². The molecule has 5 rings (SSSR count). The van der Waals surface area contributed by atoms with Gasteiger partial charge in [0.1, 0.15) is 23.7 Å². The number of benzene rings is 2. The third-order valence-corrected chi connectivity index (χ3v) is 7.00. The molecular weight excluding hydrogens is 535 g/mol. The molecule has 1 N–H and O–H groups in total. The second-order valence-electron chi connectivity index (χ2n) is 9.80. The molecule has 2 heterocycles. The van der Waals surface area contributed by atoms with Gasteiger partial charge in [-0.25, -0.2) is 18.2 Å². The first kappa shape index (κ1) is 29.3. The van der Waals surface area contributed by atoms with Crippen molar-refractivity contribution < 1.29 is 27.6 Å². The number of anilines is 2. The molecular formula is C30H28F3N5O3. The van der Waals surface area contributed by atoms with E-state index in [1.165, 1.54) is 41.4 Å². The molecule has 2 atom stereocenters. The Morgan fingerprint density at radius 2 is 1.83 bits per heavy atom. The number of hydrogen-bond donors (Lipinski definition) is 1. The zero-order chi connectivity index (χ0) is 28.4. The van der Waals surface area contributed by atoms with Crippen LogP contribution in [0.15, 0.2) is 72.9 Å². The number of nitriles is 1. The van der Waals surface area contributed by atoms with Crippen LogP contribution in [0.5, 0.6) is 0 Å². The maximum atomic E-state index is 14.5. The van der Waals surface area contributed by atoms with E-state index in [2.05, 4.69) is 10.3 Å². The molecule has 2 aromatic carbocycles. The van der Waals surface area contributed by atoms with Crippen molar-refractivity contribution in [2.75, 3.05) is 9.80 Å². The van der Waals surface area contributed by atoms with Crippen LogP contribution in [0.4, 0.5) is 24.7 Å². The Hall–Kier alpha value is -4.72. The van der Waals surface area contributed by atoms with E-state index in [-0.39, 0.29) is 37.3 Å². The molecule has 2 aliphatic rings. The summed E-state index contributed by atoms with van der Waals surface area (Å²) in [6.07, 6.45) is 0.380. The molecule has 3 aromatic rings. The predicted molar refractivity (Wildman–Crippen MR) is 145 cm³/mol. The second-order valence-corrected chi connectivity index (χ2v) is 9.80. The van der Waals surface area contributed by atoms with Crippen LogP contribution in [0, 0.1) is 17.1 Å². The lowest BCUT2D eigenvalue weighted by Gasteiger charge is -2.39. The third kappa shape index (κ3) is 6.06. The molecule has 11 heteroatoms. The van der Waals surface area contributed by atoms with Crippen LogP contribution in [0.1, 0.15) is 50.3 Å². The summed E-state index contributed by atoms with van der Waals surface area (Å²) >= 11 is 0. The monoisotopic (exact) mass is 563 g/mol. The maximum Gasteiger partial charge on any atom is 0.252 e. The fourth-order valence-corrected chi connectivity index (χ4v) is 5.11. The van der Waals surface area contributed by atoms with E-state index < -0.39 is 60.4 Å². The summed E-state index contributed by atoms with van der Waals surface area (Å²) in [7, 11) is 0. The van der Waals surface area contributed by atoms with Gasteiger partial charge in [0.25, 0.3) is 11.8 Å². The number of halogens is 3. The minimum Gasteiger partial charge on any atom is -0.351 e. The number of nitrogens with zero attached hydrogens (tertiary/aromatic N) is 4. The van der Waals surface area contributed by atoms with Gasteiger partial charge in [0.2, 0.25) is 11.8 Å². The van der Waals surface area contributed by atoms with Crippen molar-refractivity contribution in [2.24, 2.45) is 0 Å². The number of carbonyl (C=O) groups excluding carboxylic acids is 3. The highest BCUT2D eigenvalue weighted by Gasteiger charge is 2.48. The molecule has 2 fully saturated rings. The van der Waals surface area contributed by atoms with E-state index in [0.29, 0.717) is 5.56 Å². The minimum absolute atomic E-state index is 0. The van der Waals surface area contributed by atoms with Crippen molar-refractivity contribution in [3.63, 3.8) is 0 Å². The highest BCUT2D eigenvalue weighted by molar-refractivity contribution is 6.10. The van der Waals surface area contributed by atoms with Crippen LogP contribution >= 0.6 is 0 Å². The summed E-state index contributed by atoms with van der Waals surface area (Å²) in [6, 6.07) is 14.9. The molecule has 212 valence electrons. The van der Waals surface area contributed by atoms with Crippen LogP contribution in [0.2, 0.25) is 0 Å². The van der Waals surface area contributed by atoms with Crippen LogP contribution < -0.4 is 15.1 Å². The molecule has 3 amide bonds. The fraction of sp³-hybridized carbons (Fsp3) is 0.300. The van der Waals surface area contributed by atoms with Gasteiger partial charge in [-0.15, -0.1) is 0 Å². The molecule has 0 radical (unpaired) electrons. The number of nitrogens with one attached hydrogen (secondary N) is 1. The second kappa shape index (κ2) is 11.8. The van der Waals surface area contributed by atoms with E-state index in [1.807, 2.05) is 6.07 Å². The molecule has 0 unspecified atom stereocenters. The van der Waals surface area contributed by atoms with Crippen LogP contribution in [0.25, 0.3) is 0 Å². The van der Waals surface area contributed by atoms with E-state index in [9.17, 15) is 32.8 Å². The SMILES string of the molecule is C.N#Cc1ccnc(N2C(=O)CC[C@H]2C(=O)N(c2cccc(F)c2)[C@H](C(=O)NC2CC(F)(F)C2)c2ccccc2)c1. The number of rotatable bonds is 7. The molecule has 1 aromatic heterocycles. The quantitative estimate of drug-likeness (QED) is 0.440. The van der Waals surface area contributed by atoms with Crippen molar-refractivity contribution in [1.82, 2.24) is 10.3 Å². The highest BCUT2D eigenvalue weighted by Crippen LogP contribution is 2.39. The Kier molecular flexibility index (Phi) is 8.42. The largest absolute Gasteiger partial charge is 0.351 e. The molecule has 1 aliphatic heterocycles. The Labute approximate surface area is 235 Å². The number of pyridine rings is 1. The van der Waals surface area contributed by atoms with Crippen molar-refractivity contribution in [2.45, 2.75) is 57.2 Å². The van der Waals surface area contributed by atoms with Crippen molar-refractivity contribution in [1.29, 1.82) is 5.26 Å². The smallest absolute Gasteiger partial charge is 0.252 e. The molecule has 0 spiro atoms. The zero-order valence-corrected chi connectivity index (χ0v) is 21.1. The van der Waals surface area contributed by atoms with E-state index in [1.54, 1.807) is 30.3 Å². The summed E-state index contributed by atoms with van der Waals surface area (Å²) in [5, 5.41) is 11.9. The van der Waals surface area contributed by atoms with Crippen LogP contribution in [0.3, 0.4) is 0 Å².